The Morgan fingerprint density at radius 1 is 1.11 bits per heavy atom. The molecule has 1 atom stereocenters. The number of halogens is 2. The number of nitrogens with zero attached hydrogens (tertiary/aromatic N) is 1. The molecule has 0 aliphatic carbocycles. The molecule has 0 N–H and O–H groups in total. The van der Waals surface area contributed by atoms with Crippen LogP contribution in [0.1, 0.15) is 47.5 Å². The van der Waals surface area contributed by atoms with Crippen LogP contribution >= 0.6 is 22.6 Å². The Labute approximate surface area is 134 Å². The number of terminal acetylenes is 1. The fraction of sp³-hybridized carbons (Fsp3) is 0.867. The molecule has 0 amide bonds. The topological polar surface area (TPSA) is 0 Å². The average molecular weight is 386 g/mol. The predicted molar refractivity (Wildman–Crippen MR) is 86.1 cm³/mol. The fourth-order valence-electron chi connectivity index (χ4n) is 2.64. The molecule has 0 saturated carbocycles. The zero-order chi connectivity index (χ0) is 13.5. The maximum absolute atomic E-state index is 5.71. The van der Waals surface area contributed by atoms with Crippen molar-refractivity contribution in [2.75, 3.05) is 19.6 Å². The molecule has 0 aromatic rings. The van der Waals surface area contributed by atoms with Gasteiger partial charge in [-0.2, -0.15) is 0 Å². The lowest BCUT2D eigenvalue weighted by Crippen LogP contribution is -3.00. The number of unbranched alkanes of at least 4 members (excludes halogenated alkanes) is 1. The van der Waals surface area contributed by atoms with E-state index in [0.29, 0.717) is 15.9 Å². The van der Waals surface area contributed by atoms with Crippen LogP contribution in [0.25, 0.3) is 0 Å². The van der Waals surface area contributed by atoms with Crippen LogP contribution in [0.15, 0.2) is 0 Å². The van der Waals surface area contributed by atoms with Gasteiger partial charge in [0.15, 0.2) is 0 Å². The molecule has 0 aliphatic heterocycles. The molecule has 0 aromatic heterocycles. The van der Waals surface area contributed by atoms with Crippen LogP contribution in [-0.4, -0.2) is 28.2 Å². The quantitative estimate of drug-likeness (QED) is 0.194. The second-order valence-corrected chi connectivity index (χ2v) is 7.13. The summed E-state index contributed by atoms with van der Waals surface area (Å²) >= 11 is 2.46. The number of hydrogen-bond acceptors (Lipinski definition) is 0. The van der Waals surface area contributed by atoms with Crippen molar-refractivity contribution in [3.05, 3.63) is 0 Å². The first-order valence-corrected chi connectivity index (χ1v) is 8.08. The van der Waals surface area contributed by atoms with Crippen molar-refractivity contribution in [1.82, 2.24) is 0 Å². The maximum Gasteiger partial charge on any atom is 0.200 e. The Morgan fingerprint density at radius 3 is 1.83 bits per heavy atom. The lowest BCUT2D eigenvalue weighted by Gasteiger charge is -2.43. The highest BCUT2D eigenvalue weighted by Gasteiger charge is 2.34. The standard InChI is InChI=1S/C15H29IN.ClH/c1-7-9-10-17(11-13(3)4,12-14(5)6)15(16)8-2;/h2,13-15H,7,9-12H2,1,3-6H3;1H/q+1;/p-1. The van der Waals surface area contributed by atoms with Gasteiger partial charge in [0, 0.05) is 34.4 Å². The Hall–Kier alpha value is 0.540. The van der Waals surface area contributed by atoms with E-state index in [1.807, 2.05) is 0 Å². The highest BCUT2D eigenvalue weighted by Crippen LogP contribution is 2.25. The molecule has 0 fully saturated rings. The lowest BCUT2D eigenvalue weighted by atomic mass is 10.1. The van der Waals surface area contributed by atoms with Crippen molar-refractivity contribution in [1.29, 1.82) is 0 Å². The van der Waals surface area contributed by atoms with Crippen molar-refractivity contribution >= 4 is 22.6 Å². The number of alkyl halides is 1. The van der Waals surface area contributed by atoms with Crippen LogP contribution in [0.2, 0.25) is 0 Å². The van der Waals surface area contributed by atoms with Gasteiger partial charge in [0.05, 0.1) is 19.6 Å². The van der Waals surface area contributed by atoms with E-state index in [1.165, 1.54) is 32.5 Å². The fourth-order valence-corrected chi connectivity index (χ4v) is 3.37. The summed E-state index contributed by atoms with van der Waals surface area (Å²) in [5.74, 6) is 4.39. The van der Waals surface area contributed by atoms with E-state index >= 15 is 0 Å². The molecule has 1 nitrogen and oxygen atoms in total. The number of hydrogen-bond donors (Lipinski definition) is 0. The van der Waals surface area contributed by atoms with E-state index < -0.39 is 0 Å². The lowest BCUT2D eigenvalue weighted by molar-refractivity contribution is -0.932. The van der Waals surface area contributed by atoms with E-state index in [2.05, 4.69) is 63.1 Å². The van der Waals surface area contributed by atoms with Crippen molar-refractivity contribution < 1.29 is 16.9 Å². The van der Waals surface area contributed by atoms with Gasteiger partial charge in [0.25, 0.3) is 0 Å². The molecule has 18 heavy (non-hydrogen) atoms. The molecule has 0 bridgehead atoms. The molecule has 3 heteroatoms. The molecular formula is C15H29ClIN. The van der Waals surface area contributed by atoms with E-state index in [4.69, 9.17) is 6.42 Å². The van der Waals surface area contributed by atoms with Gasteiger partial charge in [-0.15, -0.1) is 6.42 Å². The molecular weight excluding hydrogens is 357 g/mol. The summed E-state index contributed by atoms with van der Waals surface area (Å²) in [6, 6.07) is 0. The molecule has 0 saturated heterocycles. The zero-order valence-electron chi connectivity index (χ0n) is 12.5. The van der Waals surface area contributed by atoms with E-state index in [1.54, 1.807) is 0 Å². The first-order chi connectivity index (χ1) is 7.88. The summed E-state index contributed by atoms with van der Waals surface area (Å²) in [4.78, 5) is 0. The summed E-state index contributed by atoms with van der Waals surface area (Å²) in [6.07, 6.45) is 8.24. The monoisotopic (exact) mass is 385 g/mol. The van der Waals surface area contributed by atoms with Crippen molar-refractivity contribution in [3.8, 4) is 12.3 Å². The third-order valence-corrected chi connectivity index (χ3v) is 4.57. The molecule has 0 radical (unpaired) electrons. The second-order valence-electron chi connectivity index (χ2n) is 5.95. The van der Waals surface area contributed by atoms with E-state index in [9.17, 15) is 0 Å². The minimum Gasteiger partial charge on any atom is -1.00 e. The Balaban J connectivity index is 0. The summed E-state index contributed by atoms with van der Waals surface area (Å²) in [5.41, 5.74) is 0. The largest absolute Gasteiger partial charge is 1.00 e. The second kappa shape index (κ2) is 10.3. The Bertz CT molecular complexity index is 235. The van der Waals surface area contributed by atoms with Gasteiger partial charge in [-0.05, 0) is 12.3 Å². The van der Waals surface area contributed by atoms with Crippen LogP contribution in [0.5, 0.6) is 0 Å². The van der Waals surface area contributed by atoms with E-state index in [0.717, 1.165) is 4.48 Å². The molecule has 0 rings (SSSR count). The van der Waals surface area contributed by atoms with Gasteiger partial charge in [-0.1, -0.05) is 41.0 Å². The molecule has 0 heterocycles. The van der Waals surface area contributed by atoms with Gasteiger partial charge in [0.2, 0.25) is 4.05 Å². The summed E-state index contributed by atoms with van der Waals surface area (Å²) in [6.45, 7) is 15.1. The normalized spacial score (nSPS) is 13.3. The van der Waals surface area contributed by atoms with Crippen LogP contribution in [-0.2, 0) is 0 Å². The predicted octanol–water partition coefficient (Wildman–Crippen LogP) is 1.31. The van der Waals surface area contributed by atoms with Crippen LogP contribution in [0.4, 0.5) is 0 Å². The van der Waals surface area contributed by atoms with Crippen molar-refractivity contribution in [3.63, 3.8) is 0 Å². The third-order valence-electron chi connectivity index (χ3n) is 3.03. The number of quaternary nitrogens is 1. The van der Waals surface area contributed by atoms with Crippen molar-refractivity contribution in [2.45, 2.75) is 51.5 Å². The molecule has 108 valence electrons. The average Bonchev–Trinajstić information content (AvgIpc) is 2.23. The van der Waals surface area contributed by atoms with Crippen LogP contribution in [0, 0.1) is 24.2 Å². The highest BCUT2D eigenvalue weighted by molar-refractivity contribution is 14.1. The maximum atomic E-state index is 5.71. The molecule has 0 spiro atoms. The minimum atomic E-state index is 0. The van der Waals surface area contributed by atoms with Gasteiger partial charge < -0.3 is 16.9 Å². The highest BCUT2D eigenvalue weighted by atomic mass is 127. The Kier molecular flexibility index (Phi) is 12.0. The van der Waals surface area contributed by atoms with E-state index in [-0.39, 0.29) is 12.4 Å². The van der Waals surface area contributed by atoms with Gasteiger partial charge in [0.1, 0.15) is 0 Å². The minimum absolute atomic E-state index is 0. The van der Waals surface area contributed by atoms with Gasteiger partial charge in [-0.25, -0.2) is 0 Å². The first kappa shape index (κ1) is 20.8. The van der Waals surface area contributed by atoms with Crippen LogP contribution in [0.3, 0.4) is 0 Å². The van der Waals surface area contributed by atoms with Crippen LogP contribution < -0.4 is 12.4 Å². The first-order valence-electron chi connectivity index (χ1n) is 6.84. The van der Waals surface area contributed by atoms with Gasteiger partial charge in [-0.3, -0.25) is 0 Å². The number of rotatable bonds is 8. The molecule has 0 aromatic carbocycles. The summed E-state index contributed by atoms with van der Waals surface area (Å²) in [5, 5.41) is 0. The SMILES string of the molecule is C#CC(I)[N+](CCCC)(CC(C)C)CC(C)C.[Cl-]. The van der Waals surface area contributed by atoms with Crippen molar-refractivity contribution in [2.24, 2.45) is 11.8 Å². The summed E-state index contributed by atoms with van der Waals surface area (Å²) < 4.78 is 1.41. The molecule has 0 aliphatic rings. The summed E-state index contributed by atoms with van der Waals surface area (Å²) in [7, 11) is 0. The van der Waals surface area contributed by atoms with Gasteiger partial charge >= 0.3 is 0 Å². The Morgan fingerprint density at radius 2 is 1.56 bits per heavy atom. The third kappa shape index (κ3) is 7.21. The smallest absolute Gasteiger partial charge is 0.200 e. The molecule has 1 unspecified atom stereocenters. The zero-order valence-corrected chi connectivity index (χ0v) is 15.5.